The first-order valence-corrected chi connectivity index (χ1v) is 9.28. The summed E-state index contributed by atoms with van der Waals surface area (Å²) in [5.74, 6) is 1.44. The van der Waals surface area contributed by atoms with Crippen molar-refractivity contribution in [3.8, 4) is 0 Å². The molecule has 1 aromatic carbocycles. The number of carbonyl (C=O) groups is 1. The molecule has 3 aromatic rings. The molecule has 0 aliphatic carbocycles. The molecule has 4 rings (SSSR count). The quantitative estimate of drug-likeness (QED) is 0.712. The number of carbonyl (C=O) groups excluding carboxylic acids is 1. The number of rotatable bonds is 3. The van der Waals surface area contributed by atoms with Crippen molar-refractivity contribution in [2.45, 2.75) is 26.3 Å². The maximum Gasteiger partial charge on any atom is 0.274 e. The number of piperidine rings is 1. The number of benzene rings is 1. The lowest BCUT2D eigenvalue weighted by atomic mass is 9.96. The van der Waals surface area contributed by atoms with Crippen LogP contribution < -0.4 is 5.56 Å². The fourth-order valence-corrected chi connectivity index (χ4v) is 3.78. The van der Waals surface area contributed by atoms with Gasteiger partial charge in [0.2, 0.25) is 0 Å². The van der Waals surface area contributed by atoms with E-state index in [1.165, 1.54) is 22.3 Å². The zero-order valence-electron chi connectivity index (χ0n) is 15.6. The maximum absolute atomic E-state index is 12.6. The van der Waals surface area contributed by atoms with E-state index in [2.05, 4.69) is 20.7 Å². The van der Waals surface area contributed by atoms with Crippen LogP contribution in [-0.2, 0) is 13.6 Å². The van der Waals surface area contributed by atoms with Crippen LogP contribution in [0.3, 0.4) is 0 Å². The second-order valence-electron chi connectivity index (χ2n) is 7.17. The van der Waals surface area contributed by atoms with Gasteiger partial charge in [0.15, 0.2) is 0 Å². The zero-order chi connectivity index (χ0) is 19.0. The van der Waals surface area contributed by atoms with Crippen molar-refractivity contribution in [3.05, 3.63) is 58.3 Å². The van der Waals surface area contributed by atoms with E-state index in [9.17, 15) is 9.59 Å². The van der Waals surface area contributed by atoms with Crippen molar-refractivity contribution >= 4 is 16.9 Å². The Bertz CT molecular complexity index is 1040. The number of likely N-dealkylation sites (tertiary alicyclic amines) is 1. The van der Waals surface area contributed by atoms with Gasteiger partial charge in [-0.2, -0.15) is 5.10 Å². The summed E-state index contributed by atoms with van der Waals surface area (Å²) in [4.78, 5) is 30.6. The maximum atomic E-state index is 12.6. The van der Waals surface area contributed by atoms with Crippen LogP contribution in [0.2, 0.25) is 0 Å². The molecule has 140 valence electrons. The summed E-state index contributed by atoms with van der Waals surface area (Å²) in [7, 11) is 1.56. The molecule has 27 heavy (non-hydrogen) atoms. The lowest BCUT2D eigenvalue weighted by Crippen LogP contribution is -2.40. The van der Waals surface area contributed by atoms with Crippen LogP contribution in [-0.4, -0.2) is 43.2 Å². The van der Waals surface area contributed by atoms with Gasteiger partial charge in [0.25, 0.3) is 11.5 Å². The van der Waals surface area contributed by atoms with Crippen molar-refractivity contribution in [3.63, 3.8) is 0 Å². The normalized spacial score (nSPS) is 15.4. The number of para-hydroxylation sites is 2. The second kappa shape index (κ2) is 6.98. The van der Waals surface area contributed by atoms with Crippen LogP contribution in [0.25, 0.3) is 11.0 Å². The molecule has 0 N–H and O–H groups in total. The van der Waals surface area contributed by atoms with Gasteiger partial charge in [-0.1, -0.05) is 12.1 Å². The minimum atomic E-state index is -0.215. The van der Waals surface area contributed by atoms with Crippen LogP contribution in [0.5, 0.6) is 0 Å². The van der Waals surface area contributed by atoms with E-state index in [-0.39, 0.29) is 11.5 Å². The Labute approximate surface area is 157 Å². The Hall–Kier alpha value is -2.96. The topological polar surface area (TPSA) is 73.0 Å². The third-order valence-electron chi connectivity index (χ3n) is 5.37. The Morgan fingerprint density at radius 2 is 1.89 bits per heavy atom. The Balaban J connectivity index is 1.42. The zero-order valence-corrected chi connectivity index (χ0v) is 15.6. The number of hydrogen-bond donors (Lipinski definition) is 0. The van der Waals surface area contributed by atoms with Gasteiger partial charge in [0, 0.05) is 32.7 Å². The van der Waals surface area contributed by atoms with Crippen molar-refractivity contribution in [2.75, 3.05) is 13.1 Å². The molecule has 0 spiro atoms. The summed E-state index contributed by atoms with van der Waals surface area (Å²) < 4.78 is 3.49. The highest BCUT2D eigenvalue weighted by molar-refractivity contribution is 5.92. The Morgan fingerprint density at radius 1 is 1.15 bits per heavy atom. The number of imidazole rings is 1. The van der Waals surface area contributed by atoms with Crippen molar-refractivity contribution in [1.82, 2.24) is 24.2 Å². The highest BCUT2D eigenvalue weighted by Gasteiger charge is 2.25. The molecule has 1 aliphatic rings. The van der Waals surface area contributed by atoms with Gasteiger partial charge >= 0.3 is 0 Å². The number of aryl methyl sites for hydroxylation is 2. The van der Waals surface area contributed by atoms with Crippen LogP contribution in [0.1, 0.15) is 29.2 Å². The highest BCUT2D eigenvalue weighted by Crippen LogP contribution is 2.24. The van der Waals surface area contributed by atoms with Gasteiger partial charge in [0.05, 0.1) is 11.0 Å². The number of fused-ring (bicyclic) bond motifs is 1. The molecule has 0 unspecified atom stereocenters. The second-order valence-corrected chi connectivity index (χ2v) is 7.17. The molecule has 0 radical (unpaired) electrons. The minimum absolute atomic E-state index is 0.103. The molecule has 1 fully saturated rings. The molecule has 1 saturated heterocycles. The monoisotopic (exact) mass is 365 g/mol. The van der Waals surface area contributed by atoms with E-state index >= 15 is 0 Å². The Morgan fingerprint density at radius 3 is 2.63 bits per heavy atom. The van der Waals surface area contributed by atoms with Gasteiger partial charge in [-0.05, 0) is 43.9 Å². The van der Waals surface area contributed by atoms with Gasteiger partial charge < -0.3 is 9.47 Å². The molecule has 1 aliphatic heterocycles. The number of hydrogen-bond acceptors (Lipinski definition) is 4. The van der Waals surface area contributed by atoms with Crippen molar-refractivity contribution < 1.29 is 4.79 Å². The average Bonchev–Trinajstić information content (AvgIpc) is 2.99. The summed E-state index contributed by atoms with van der Waals surface area (Å²) in [6.45, 7) is 4.38. The van der Waals surface area contributed by atoms with Crippen LogP contribution in [0.15, 0.2) is 41.2 Å². The summed E-state index contributed by atoms with van der Waals surface area (Å²) in [6, 6.07) is 11.1. The van der Waals surface area contributed by atoms with E-state index < -0.39 is 0 Å². The lowest BCUT2D eigenvalue weighted by Gasteiger charge is -2.32. The first-order chi connectivity index (χ1) is 13.0. The largest absolute Gasteiger partial charge is 0.337 e. The molecule has 7 heteroatoms. The van der Waals surface area contributed by atoms with Crippen LogP contribution in [0, 0.1) is 12.8 Å². The molecular formula is C20H23N5O2. The number of amides is 1. The number of aromatic nitrogens is 4. The molecule has 2 aromatic heterocycles. The lowest BCUT2D eigenvalue weighted by molar-refractivity contribution is 0.0674. The fraction of sp³-hybridized carbons (Fsp3) is 0.400. The summed E-state index contributed by atoms with van der Waals surface area (Å²) in [5.41, 5.74) is 2.31. The SMILES string of the molecule is Cc1nc2ccccc2n1CC1CCN(C(=O)c2ccc(=O)n(C)n2)CC1. The molecule has 7 nitrogen and oxygen atoms in total. The van der Waals surface area contributed by atoms with E-state index in [1.54, 1.807) is 7.05 Å². The third kappa shape index (κ3) is 3.37. The van der Waals surface area contributed by atoms with Crippen LogP contribution in [0.4, 0.5) is 0 Å². The Kier molecular flexibility index (Phi) is 4.51. The first kappa shape index (κ1) is 17.5. The number of nitrogens with zero attached hydrogens (tertiary/aromatic N) is 5. The van der Waals surface area contributed by atoms with Crippen LogP contribution >= 0.6 is 0 Å². The molecule has 0 saturated carbocycles. The average molecular weight is 365 g/mol. The van der Waals surface area contributed by atoms with E-state index in [0.29, 0.717) is 24.7 Å². The van der Waals surface area contributed by atoms with Gasteiger partial charge in [0.1, 0.15) is 11.5 Å². The van der Waals surface area contributed by atoms with Gasteiger partial charge in [-0.25, -0.2) is 9.67 Å². The van der Waals surface area contributed by atoms with E-state index in [1.807, 2.05) is 30.0 Å². The summed E-state index contributed by atoms with van der Waals surface area (Å²) in [6.07, 6.45) is 1.90. The van der Waals surface area contributed by atoms with Crippen molar-refractivity contribution in [1.29, 1.82) is 0 Å². The standard InChI is InChI=1S/C20H23N5O2/c1-14-21-16-5-3-4-6-18(16)25(14)13-15-9-11-24(12-10-15)20(27)17-7-8-19(26)23(2)22-17/h3-8,15H,9-13H2,1-2H3. The third-order valence-corrected chi connectivity index (χ3v) is 5.37. The van der Waals surface area contributed by atoms with E-state index in [0.717, 1.165) is 30.7 Å². The predicted molar refractivity (Wildman–Crippen MR) is 103 cm³/mol. The minimum Gasteiger partial charge on any atom is -0.337 e. The molecule has 3 heterocycles. The van der Waals surface area contributed by atoms with Crippen molar-refractivity contribution in [2.24, 2.45) is 13.0 Å². The summed E-state index contributed by atoms with van der Waals surface area (Å²) >= 11 is 0. The molecule has 0 bridgehead atoms. The first-order valence-electron chi connectivity index (χ1n) is 9.28. The van der Waals surface area contributed by atoms with Gasteiger partial charge in [-0.15, -0.1) is 0 Å². The van der Waals surface area contributed by atoms with E-state index in [4.69, 9.17) is 0 Å². The fourth-order valence-electron chi connectivity index (χ4n) is 3.78. The highest BCUT2D eigenvalue weighted by atomic mass is 16.2. The summed E-state index contributed by atoms with van der Waals surface area (Å²) in [5, 5.41) is 4.07. The molecular weight excluding hydrogens is 342 g/mol. The van der Waals surface area contributed by atoms with Gasteiger partial charge in [-0.3, -0.25) is 9.59 Å². The molecule has 0 atom stereocenters. The molecule has 1 amide bonds. The predicted octanol–water partition coefficient (Wildman–Crippen LogP) is 1.99. The smallest absolute Gasteiger partial charge is 0.274 e.